The number of carbonyl (C=O) groups excluding carboxylic acids is 1. The van der Waals surface area contributed by atoms with Crippen LogP contribution in [0.1, 0.15) is 23.4 Å². The second kappa shape index (κ2) is 8.73. The summed E-state index contributed by atoms with van der Waals surface area (Å²) in [7, 11) is 0. The standard InChI is InChI=1S/C15H17ClN4O2S.ClH/c16-10-3-1-2-9(6-10)7-13-19-20-15(23-13)18-14(21)12-5-4-11(8-17)22-12;/h1-3,6,11-12H,4-5,7-8,17H2,(H,18,20,21);1H/t11-,12+;/m1./s1. The molecule has 1 aromatic heterocycles. The Bertz CT molecular complexity index is 698. The summed E-state index contributed by atoms with van der Waals surface area (Å²) in [5, 5.41) is 12.9. The van der Waals surface area contributed by atoms with E-state index < -0.39 is 6.10 Å². The summed E-state index contributed by atoms with van der Waals surface area (Å²) in [6.07, 6.45) is 1.64. The molecule has 9 heteroatoms. The fourth-order valence-electron chi connectivity index (χ4n) is 2.45. The van der Waals surface area contributed by atoms with Gasteiger partial charge in [-0.05, 0) is 30.5 Å². The van der Waals surface area contributed by atoms with Crippen molar-refractivity contribution in [3.8, 4) is 0 Å². The van der Waals surface area contributed by atoms with Crippen molar-refractivity contribution in [3.05, 3.63) is 39.9 Å². The molecular formula is C15H18Cl2N4O2S. The van der Waals surface area contributed by atoms with Gasteiger partial charge in [-0.3, -0.25) is 10.1 Å². The molecule has 1 aromatic carbocycles. The van der Waals surface area contributed by atoms with E-state index in [1.807, 2.05) is 24.3 Å². The maximum atomic E-state index is 12.1. The van der Waals surface area contributed by atoms with Gasteiger partial charge in [-0.25, -0.2) is 0 Å². The van der Waals surface area contributed by atoms with Crippen LogP contribution in [0, 0.1) is 0 Å². The Morgan fingerprint density at radius 2 is 2.25 bits per heavy atom. The lowest BCUT2D eigenvalue weighted by atomic mass is 10.2. The predicted molar refractivity (Wildman–Crippen MR) is 97.0 cm³/mol. The van der Waals surface area contributed by atoms with Crippen LogP contribution >= 0.6 is 35.3 Å². The summed E-state index contributed by atoms with van der Waals surface area (Å²) in [6, 6.07) is 7.59. The molecule has 0 saturated carbocycles. The van der Waals surface area contributed by atoms with Crippen LogP contribution < -0.4 is 11.1 Å². The molecule has 1 fully saturated rings. The molecule has 1 amide bonds. The SMILES string of the molecule is Cl.NC[C@H]1CC[C@@H](C(=O)Nc2nnc(Cc3cccc(Cl)c3)s2)O1. The molecule has 1 saturated heterocycles. The molecule has 0 unspecified atom stereocenters. The van der Waals surface area contributed by atoms with E-state index in [9.17, 15) is 4.79 Å². The number of nitrogens with zero attached hydrogens (tertiary/aromatic N) is 2. The molecule has 1 aliphatic heterocycles. The molecule has 130 valence electrons. The molecular weight excluding hydrogens is 371 g/mol. The highest BCUT2D eigenvalue weighted by atomic mass is 35.5. The minimum atomic E-state index is -0.455. The molecule has 2 atom stereocenters. The van der Waals surface area contributed by atoms with Crippen LogP contribution in [0.5, 0.6) is 0 Å². The minimum absolute atomic E-state index is 0. The summed E-state index contributed by atoms with van der Waals surface area (Å²) in [5.41, 5.74) is 6.60. The predicted octanol–water partition coefficient (Wildman–Crippen LogP) is 2.65. The van der Waals surface area contributed by atoms with Crippen molar-refractivity contribution >= 4 is 46.4 Å². The van der Waals surface area contributed by atoms with Crippen LogP contribution in [0.4, 0.5) is 5.13 Å². The molecule has 24 heavy (non-hydrogen) atoms. The highest BCUT2D eigenvalue weighted by Gasteiger charge is 2.30. The fourth-order valence-corrected chi connectivity index (χ4v) is 3.44. The lowest BCUT2D eigenvalue weighted by molar-refractivity contribution is -0.126. The smallest absolute Gasteiger partial charge is 0.255 e. The van der Waals surface area contributed by atoms with Crippen LogP contribution in [0.3, 0.4) is 0 Å². The number of nitrogens with two attached hydrogens (primary N) is 1. The van der Waals surface area contributed by atoms with Gasteiger partial charge in [0, 0.05) is 18.0 Å². The summed E-state index contributed by atoms with van der Waals surface area (Å²) < 4.78 is 5.56. The second-order valence-electron chi connectivity index (χ2n) is 5.36. The Labute approximate surface area is 155 Å². The molecule has 2 aromatic rings. The van der Waals surface area contributed by atoms with Gasteiger partial charge >= 0.3 is 0 Å². The molecule has 6 nitrogen and oxygen atoms in total. The number of amides is 1. The Morgan fingerprint density at radius 3 is 2.96 bits per heavy atom. The van der Waals surface area contributed by atoms with Gasteiger partial charge in [-0.2, -0.15) is 0 Å². The molecule has 3 N–H and O–H groups in total. The third kappa shape index (κ3) is 4.87. The molecule has 1 aliphatic rings. The first-order chi connectivity index (χ1) is 11.1. The van der Waals surface area contributed by atoms with E-state index in [2.05, 4.69) is 15.5 Å². The van der Waals surface area contributed by atoms with E-state index in [1.54, 1.807) is 0 Å². The van der Waals surface area contributed by atoms with Crippen molar-refractivity contribution in [2.45, 2.75) is 31.5 Å². The van der Waals surface area contributed by atoms with Gasteiger partial charge in [0.25, 0.3) is 5.91 Å². The topological polar surface area (TPSA) is 90.1 Å². The summed E-state index contributed by atoms with van der Waals surface area (Å²) in [5.74, 6) is -0.189. The van der Waals surface area contributed by atoms with E-state index in [-0.39, 0.29) is 24.4 Å². The first-order valence-corrected chi connectivity index (χ1v) is 8.56. The normalized spacial score (nSPS) is 19.8. The van der Waals surface area contributed by atoms with Crippen LogP contribution in [0.2, 0.25) is 5.02 Å². The van der Waals surface area contributed by atoms with Crippen molar-refractivity contribution in [1.29, 1.82) is 0 Å². The van der Waals surface area contributed by atoms with E-state index in [0.717, 1.165) is 17.0 Å². The van der Waals surface area contributed by atoms with Gasteiger partial charge < -0.3 is 10.5 Å². The maximum absolute atomic E-state index is 12.1. The van der Waals surface area contributed by atoms with E-state index in [4.69, 9.17) is 22.1 Å². The zero-order valence-corrected chi connectivity index (χ0v) is 15.2. The average molecular weight is 389 g/mol. The van der Waals surface area contributed by atoms with Gasteiger partial charge in [-0.15, -0.1) is 22.6 Å². The Balaban J connectivity index is 0.00000208. The number of benzene rings is 1. The molecule has 0 radical (unpaired) electrons. The third-order valence-corrected chi connectivity index (χ3v) is 4.68. The highest BCUT2D eigenvalue weighted by Crippen LogP contribution is 2.23. The van der Waals surface area contributed by atoms with Gasteiger partial charge in [0.1, 0.15) is 11.1 Å². The Kier molecular flexibility index (Phi) is 6.94. The van der Waals surface area contributed by atoms with Crippen molar-refractivity contribution < 1.29 is 9.53 Å². The molecule has 0 aliphatic carbocycles. The van der Waals surface area contributed by atoms with Crippen molar-refractivity contribution in [2.24, 2.45) is 5.73 Å². The number of hydrogen-bond donors (Lipinski definition) is 2. The number of rotatable bonds is 5. The maximum Gasteiger partial charge on any atom is 0.255 e. The molecule has 0 bridgehead atoms. The molecule has 0 spiro atoms. The van der Waals surface area contributed by atoms with Crippen molar-refractivity contribution in [2.75, 3.05) is 11.9 Å². The Hall–Kier alpha value is -1.25. The largest absolute Gasteiger partial charge is 0.364 e. The van der Waals surface area contributed by atoms with E-state index in [1.165, 1.54) is 11.3 Å². The summed E-state index contributed by atoms with van der Waals surface area (Å²) in [4.78, 5) is 12.1. The van der Waals surface area contributed by atoms with Gasteiger partial charge in [0.2, 0.25) is 5.13 Å². The first-order valence-electron chi connectivity index (χ1n) is 7.37. The number of halogens is 2. The third-order valence-electron chi connectivity index (χ3n) is 3.60. The second-order valence-corrected chi connectivity index (χ2v) is 6.86. The Morgan fingerprint density at radius 1 is 1.42 bits per heavy atom. The number of hydrogen-bond acceptors (Lipinski definition) is 6. The number of nitrogens with one attached hydrogen (secondary N) is 1. The van der Waals surface area contributed by atoms with Crippen LogP contribution in [-0.4, -0.2) is 34.9 Å². The van der Waals surface area contributed by atoms with E-state index >= 15 is 0 Å². The number of anilines is 1. The van der Waals surface area contributed by atoms with Crippen LogP contribution in [-0.2, 0) is 16.0 Å². The van der Waals surface area contributed by atoms with Crippen molar-refractivity contribution in [3.63, 3.8) is 0 Å². The average Bonchev–Trinajstić information content (AvgIpc) is 3.16. The first kappa shape index (κ1) is 19.1. The summed E-state index contributed by atoms with van der Waals surface area (Å²) in [6.45, 7) is 0.437. The fraction of sp³-hybridized carbons (Fsp3) is 0.400. The lowest BCUT2D eigenvalue weighted by Crippen LogP contribution is -2.29. The van der Waals surface area contributed by atoms with Gasteiger partial charge in [0.05, 0.1) is 6.10 Å². The van der Waals surface area contributed by atoms with E-state index in [0.29, 0.717) is 29.5 Å². The van der Waals surface area contributed by atoms with Gasteiger partial charge in [-0.1, -0.05) is 35.1 Å². The zero-order chi connectivity index (χ0) is 16.2. The monoisotopic (exact) mass is 388 g/mol. The minimum Gasteiger partial charge on any atom is -0.364 e. The van der Waals surface area contributed by atoms with Crippen LogP contribution in [0.25, 0.3) is 0 Å². The van der Waals surface area contributed by atoms with Gasteiger partial charge in [0.15, 0.2) is 0 Å². The quantitative estimate of drug-likeness (QED) is 0.821. The highest BCUT2D eigenvalue weighted by molar-refractivity contribution is 7.15. The molecule has 2 heterocycles. The number of ether oxygens (including phenoxy) is 1. The zero-order valence-electron chi connectivity index (χ0n) is 12.8. The number of carbonyl (C=O) groups is 1. The number of aromatic nitrogens is 2. The van der Waals surface area contributed by atoms with Crippen LogP contribution in [0.15, 0.2) is 24.3 Å². The lowest BCUT2D eigenvalue weighted by Gasteiger charge is -2.10. The molecule has 3 rings (SSSR count). The van der Waals surface area contributed by atoms with Crippen molar-refractivity contribution in [1.82, 2.24) is 10.2 Å². The summed E-state index contributed by atoms with van der Waals surface area (Å²) >= 11 is 7.32.